The molecule has 0 aliphatic carbocycles. The van der Waals surface area contributed by atoms with Crippen LogP contribution in [0.5, 0.6) is 0 Å². The van der Waals surface area contributed by atoms with E-state index < -0.39 is 6.10 Å². The minimum atomic E-state index is -0.575. The van der Waals surface area contributed by atoms with E-state index in [1.165, 1.54) is 6.07 Å². The van der Waals surface area contributed by atoms with E-state index in [0.29, 0.717) is 18.7 Å². The van der Waals surface area contributed by atoms with Crippen LogP contribution in [0.15, 0.2) is 42.7 Å². The fourth-order valence-corrected chi connectivity index (χ4v) is 2.36. The van der Waals surface area contributed by atoms with E-state index in [0.717, 1.165) is 11.1 Å². The molecule has 0 saturated carbocycles. The van der Waals surface area contributed by atoms with Crippen LogP contribution in [0.1, 0.15) is 5.56 Å². The molecule has 0 fully saturated rings. The van der Waals surface area contributed by atoms with Crippen LogP contribution in [-0.4, -0.2) is 48.4 Å². The van der Waals surface area contributed by atoms with Gasteiger partial charge < -0.3 is 9.84 Å². The molecule has 1 N–H and O–H groups in total. The molecule has 1 atom stereocenters. The SMILES string of the molecule is COCC(O)CN(C)Cc1ccc(-c2ccncc2)cc1F. The number of aliphatic hydroxyl groups is 1. The van der Waals surface area contributed by atoms with Crippen molar-refractivity contribution in [2.24, 2.45) is 0 Å². The largest absolute Gasteiger partial charge is 0.389 e. The minimum Gasteiger partial charge on any atom is -0.389 e. The molecule has 0 aliphatic heterocycles. The van der Waals surface area contributed by atoms with Gasteiger partial charge in [-0.05, 0) is 36.4 Å². The average Bonchev–Trinajstić information content (AvgIpc) is 2.50. The Labute approximate surface area is 130 Å². The van der Waals surface area contributed by atoms with Crippen molar-refractivity contribution in [2.45, 2.75) is 12.6 Å². The summed E-state index contributed by atoms with van der Waals surface area (Å²) in [6, 6.07) is 8.91. The summed E-state index contributed by atoms with van der Waals surface area (Å²) in [7, 11) is 3.38. The summed E-state index contributed by atoms with van der Waals surface area (Å²) in [5.74, 6) is -0.248. The van der Waals surface area contributed by atoms with Gasteiger partial charge in [0, 0.05) is 38.2 Å². The van der Waals surface area contributed by atoms with E-state index in [1.807, 2.05) is 30.1 Å². The molecule has 2 aromatic rings. The highest BCUT2D eigenvalue weighted by atomic mass is 19.1. The van der Waals surface area contributed by atoms with Crippen LogP contribution in [0, 0.1) is 5.82 Å². The summed E-state index contributed by atoms with van der Waals surface area (Å²) in [6.45, 7) is 1.14. The molecule has 1 heterocycles. The Hall–Kier alpha value is -1.82. The third-order valence-corrected chi connectivity index (χ3v) is 3.39. The lowest BCUT2D eigenvalue weighted by atomic mass is 10.0. The number of pyridine rings is 1. The van der Waals surface area contributed by atoms with Crippen molar-refractivity contribution in [3.8, 4) is 11.1 Å². The molecule has 22 heavy (non-hydrogen) atoms. The molecule has 0 aliphatic rings. The van der Waals surface area contributed by atoms with Crippen LogP contribution in [0.25, 0.3) is 11.1 Å². The van der Waals surface area contributed by atoms with Gasteiger partial charge in [0.15, 0.2) is 0 Å². The summed E-state index contributed by atoms with van der Waals surface area (Å²) in [5.41, 5.74) is 2.36. The van der Waals surface area contributed by atoms with Crippen molar-refractivity contribution in [2.75, 3.05) is 27.3 Å². The van der Waals surface area contributed by atoms with Crippen LogP contribution < -0.4 is 0 Å². The first-order valence-electron chi connectivity index (χ1n) is 7.14. The predicted molar refractivity (Wildman–Crippen MR) is 83.8 cm³/mol. The number of hydrogen-bond donors (Lipinski definition) is 1. The Kier molecular flexibility index (Phi) is 6.00. The Balaban J connectivity index is 2.04. The van der Waals surface area contributed by atoms with Crippen molar-refractivity contribution in [3.05, 3.63) is 54.1 Å². The number of aliphatic hydroxyl groups excluding tert-OH is 1. The second-order valence-electron chi connectivity index (χ2n) is 5.35. The smallest absolute Gasteiger partial charge is 0.128 e. The molecule has 0 spiro atoms. The molecule has 0 saturated heterocycles. The van der Waals surface area contributed by atoms with E-state index in [4.69, 9.17) is 4.74 Å². The van der Waals surface area contributed by atoms with Crippen LogP contribution in [0.2, 0.25) is 0 Å². The molecule has 4 nitrogen and oxygen atoms in total. The van der Waals surface area contributed by atoms with Gasteiger partial charge in [0.25, 0.3) is 0 Å². The number of nitrogens with zero attached hydrogens (tertiary/aromatic N) is 2. The summed E-state index contributed by atoms with van der Waals surface area (Å²) in [6.07, 6.45) is 2.80. The predicted octanol–water partition coefficient (Wildman–Crippen LogP) is 2.33. The van der Waals surface area contributed by atoms with Gasteiger partial charge in [-0.15, -0.1) is 0 Å². The van der Waals surface area contributed by atoms with Gasteiger partial charge in [0.1, 0.15) is 5.82 Å². The highest BCUT2D eigenvalue weighted by Crippen LogP contribution is 2.21. The summed E-state index contributed by atoms with van der Waals surface area (Å²) in [4.78, 5) is 5.83. The maximum absolute atomic E-state index is 14.3. The Morgan fingerprint density at radius 3 is 2.59 bits per heavy atom. The van der Waals surface area contributed by atoms with E-state index in [2.05, 4.69) is 4.98 Å². The quantitative estimate of drug-likeness (QED) is 0.853. The molecule has 0 radical (unpaired) electrons. The lowest BCUT2D eigenvalue weighted by molar-refractivity contribution is 0.0417. The second-order valence-corrected chi connectivity index (χ2v) is 5.35. The first-order valence-corrected chi connectivity index (χ1v) is 7.14. The van der Waals surface area contributed by atoms with Crippen molar-refractivity contribution >= 4 is 0 Å². The molecule has 1 aromatic heterocycles. The maximum Gasteiger partial charge on any atom is 0.128 e. The lowest BCUT2D eigenvalue weighted by Gasteiger charge is -2.20. The standard InChI is InChI=1S/C17H21FN2O2/c1-20(11-16(21)12-22-2)10-15-4-3-14(9-17(15)18)13-5-7-19-8-6-13/h3-9,16,21H,10-12H2,1-2H3. The van der Waals surface area contributed by atoms with Crippen molar-refractivity contribution < 1.29 is 14.2 Å². The van der Waals surface area contributed by atoms with Gasteiger partial charge in [-0.1, -0.05) is 12.1 Å². The fourth-order valence-electron chi connectivity index (χ4n) is 2.36. The number of methoxy groups -OCH3 is 1. The third kappa shape index (κ3) is 4.59. The second kappa shape index (κ2) is 7.98. The maximum atomic E-state index is 14.3. The molecule has 1 aromatic carbocycles. The van der Waals surface area contributed by atoms with Gasteiger partial charge in [-0.2, -0.15) is 0 Å². The van der Waals surface area contributed by atoms with E-state index in [1.54, 1.807) is 25.6 Å². The zero-order valence-corrected chi connectivity index (χ0v) is 12.9. The Bertz CT molecular complexity index is 592. The number of likely N-dealkylation sites (N-methyl/N-ethyl adjacent to an activating group) is 1. The van der Waals surface area contributed by atoms with Gasteiger partial charge in [0.2, 0.25) is 0 Å². The molecule has 0 amide bonds. The summed E-state index contributed by atoms with van der Waals surface area (Å²) < 4.78 is 19.1. The molecule has 1 unspecified atom stereocenters. The average molecular weight is 304 g/mol. The number of ether oxygens (including phenoxy) is 1. The van der Waals surface area contributed by atoms with E-state index in [9.17, 15) is 9.50 Å². The number of aromatic nitrogens is 1. The Morgan fingerprint density at radius 1 is 1.23 bits per heavy atom. The fraction of sp³-hybridized carbons (Fsp3) is 0.353. The van der Waals surface area contributed by atoms with Crippen molar-refractivity contribution in [3.63, 3.8) is 0 Å². The number of hydrogen-bond acceptors (Lipinski definition) is 4. The topological polar surface area (TPSA) is 45.6 Å². The third-order valence-electron chi connectivity index (χ3n) is 3.39. The van der Waals surface area contributed by atoms with Gasteiger partial charge in [-0.3, -0.25) is 9.88 Å². The van der Waals surface area contributed by atoms with Gasteiger partial charge in [-0.25, -0.2) is 4.39 Å². The van der Waals surface area contributed by atoms with E-state index in [-0.39, 0.29) is 12.4 Å². The molecule has 0 bridgehead atoms. The zero-order chi connectivity index (χ0) is 15.9. The van der Waals surface area contributed by atoms with Crippen LogP contribution in [-0.2, 0) is 11.3 Å². The first kappa shape index (κ1) is 16.5. The highest BCUT2D eigenvalue weighted by Gasteiger charge is 2.11. The van der Waals surface area contributed by atoms with Crippen LogP contribution >= 0.6 is 0 Å². The Morgan fingerprint density at radius 2 is 1.95 bits per heavy atom. The monoisotopic (exact) mass is 304 g/mol. The molecular weight excluding hydrogens is 283 g/mol. The molecule has 5 heteroatoms. The van der Waals surface area contributed by atoms with Crippen LogP contribution in [0.3, 0.4) is 0 Å². The first-order chi connectivity index (χ1) is 10.6. The van der Waals surface area contributed by atoms with Gasteiger partial charge >= 0.3 is 0 Å². The molecule has 2 rings (SSSR count). The molecular formula is C17H21FN2O2. The molecule has 118 valence electrons. The zero-order valence-electron chi connectivity index (χ0n) is 12.9. The minimum absolute atomic E-state index is 0.248. The van der Waals surface area contributed by atoms with E-state index >= 15 is 0 Å². The van der Waals surface area contributed by atoms with Crippen molar-refractivity contribution in [1.29, 1.82) is 0 Å². The van der Waals surface area contributed by atoms with Gasteiger partial charge in [0.05, 0.1) is 12.7 Å². The lowest BCUT2D eigenvalue weighted by Crippen LogP contribution is -2.31. The number of benzene rings is 1. The van der Waals surface area contributed by atoms with Crippen LogP contribution in [0.4, 0.5) is 4.39 Å². The van der Waals surface area contributed by atoms with Crippen molar-refractivity contribution in [1.82, 2.24) is 9.88 Å². The normalized spacial score (nSPS) is 12.6. The number of rotatable bonds is 7. The number of halogens is 1. The summed E-state index contributed by atoms with van der Waals surface area (Å²) in [5, 5.41) is 9.69. The highest BCUT2D eigenvalue weighted by molar-refractivity contribution is 5.63. The summed E-state index contributed by atoms with van der Waals surface area (Å²) >= 11 is 0.